The molecule has 0 atom stereocenters. The molecule has 0 unspecified atom stereocenters. The van der Waals surface area contributed by atoms with Gasteiger partial charge in [0.05, 0.1) is 18.5 Å². The number of fused-ring (bicyclic) bond motifs is 1. The average Bonchev–Trinajstić information content (AvgIpc) is 3.00. The lowest BCUT2D eigenvalue weighted by molar-refractivity contribution is -0.143. The van der Waals surface area contributed by atoms with Crippen molar-refractivity contribution in [3.8, 4) is 5.69 Å². The summed E-state index contributed by atoms with van der Waals surface area (Å²) >= 11 is 0. The number of halogens is 4. The first kappa shape index (κ1) is 16.9. The van der Waals surface area contributed by atoms with E-state index in [9.17, 15) is 22.4 Å². The minimum Gasteiger partial charge on any atom is -0.462 e. The molecule has 0 aliphatic carbocycles. The van der Waals surface area contributed by atoms with Gasteiger partial charge in [0.1, 0.15) is 11.4 Å². The van der Waals surface area contributed by atoms with E-state index in [1.807, 2.05) is 0 Å². The number of benzene rings is 2. The second-order valence-corrected chi connectivity index (χ2v) is 5.15. The van der Waals surface area contributed by atoms with Crippen LogP contribution in [0, 0.1) is 5.82 Å². The quantitative estimate of drug-likeness (QED) is 0.520. The summed E-state index contributed by atoms with van der Waals surface area (Å²) in [5, 5.41) is 4.11. The van der Waals surface area contributed by atoms with Gasteiger partial charge in [0.15, 0.2) is 5.69 Å². The highest BCUT2D eigenvalue weighted by molar-refractivity contribution is 5.93. The molecule has 130 valence electrons. The van der Waals surface area contributed by atoms with Crippen LogP contribution in [0.2, 0.25) is 0 Å². The van der Waals surface area contributed by atoms with Crippen LogP contribution < -0.4 is 0 Å². The highest BCUT2D eigenvalue weighted by atomic mass is 19.4. The molecule has 0 saturated heterocycles. The molecule has 0 fully saturated rings. The van der Waals surface area contributed by atoms with Crippen molar-refractivity contribution >= 4 is 16.7 Å². The smallest absolute Gasteiger partial charge is 0.434 e. The van der Waals surface area contributed by atoms with Gasteiger partial charge in [-0.2, -0.15) is 18.3 Å². The molecule has 1 heterocycles. The normalized spacial score (nSPS) is 11.7. The Labute approximate surface area is 139 Å². The summed E-state index contributed by atoms with van der Waals surface area (Å²) in [6.45, 7) is 1.42. The Hall–Kier alpha value is -2.90. The molecule has 25 heavy (non-hydrogen) atoms. The highest BCUT2D eigenvalue weighted by Crippen LogP contribution is 2.35. The van der Waals surface area contributed by atoms with E-state index in [-0.39, 0.29) is 23.1 Å². The number of carbonyl (C=O) groups excluding carboxylic acids is 1. The van der Waals surface area contributed by atoms with Crippen molar-refractivity contribution in [2.45, 2.75) is 13.1 Å². The Bertz CT molecular complexity index is 947. The molecule has 8 heteroatoms. The van der Waals surface area contributed by atoms with Crippen molar-refractivity contribution in [1.82, 2.24) is 9.78 Å². The largest absolute Gasteiger partial charge is 0.462 e. The van der Waals surface area contributed by atoms with Crippen molar-refractivity contribution in [3.05, 3.63) is 59.7 Å². The summed E-state index contributed by atoms with van der Waals surface area (Å²) in [4.78, 5) is 11.8. The zero-order valence-corrected chi connectivity index (χ0v) is 13.0. The maximum absolute atomic E-state index is 13.9. The molecule has 0 radical (unpaired) electrons. The van der Waals surface area contributed by atoms with Gasteiger partial charge in [0.25, 0.3) is 0 Å². The van der Waals surface area contributed by atoms with Gasteiger partial charge in [-0.3, -0.25) is 0 Å². The van der Waals surface area contributed by atoms with Gasteiger partial charge in [0.2, 0.25) is 0 Å². The van der Waals surface area contributed by atoms with Crippen molar-refractivity contribution in [2.75, 3.05) is 6.61 Å². The minimum atomic E-state index is -4.85. The third-order valence-corrected chi connectivity index (χ3v) is 3.61. The van der Waals surface area contributed by atoms with Crippen LogP contribution in [0.25, 0.3) is 16.5 Å². The van der Waals surface area contributed by atoms with Gasteiger partial charge in [-0.15, -0.1) is 0 Å². The SMILES string of the molecule is CCOC(=O)c1cnn(-c2cccc3c(F)cccc23)c1C(F)(F)F. The van der Waals surface area contributed by atoms with Gasteiger partial charge < -0.3 is 4.74 Å². The number of carbonyl (C=O) groups is 1. The van der Waals surface area contributed by atoms with E-state index in [4.69, 9.17) is 0 Å². The number of hydrogen-bond donors (Lipinski definition) is 0. The van der Waals surface area contributed by atoms with Crippen LogP contribution in [-0.4, -0.2) is 22.4 Å². The van der Waals surface area contributed by atoms with E-state index in [1.54, 1.807) is 0 Å². The van der Waals surface area contributed by atoms with Crippen LogP contribution in [0.1, 0.15) is 23.0 Å². The van der Waals surface area contributed by atoms with Crippen LogP contribution >= 0.6 is 0 Å². The summed E-state index contributed by atoms with van der Waals surface area (Å²) in [6.07, 6.45) is -4.05. The predicted molar refractivity (Wildman–Crippen MR) is 82.0 cm³/mol. The van der Waals surface area contributed by atoms with E-state index < -0.39 is 29.2 Å². The highest BCUT2D eigenvalue weighted by Gasteiger charge is 2.41. The van der Waals surface area contributed by atoms with Crippen LogP contribution in [0.15, 0.2) is 42.6 Å². The fourth-order valence-electron chi connectivity index (χ4n) is 2.60. The molecule has 3 aromatic rings. The summed E-state index contributed by atoms with van der Waals surface area (Å²) < 4.78 is 59.9. The number of alkyl halides is 3. The molecular formula is C17H12F4N2O2. The predicted octanol–water partition coefficient (Wildman–Crippen LogP) is 4.36. The van der Waals surface area contributed by atoms with Gasteiger partial charge >= 0.3 is 12.1 Å². The Balaban J connectivity index is 2.29. The van der Waals surface area contributed by atoms with E-state index in [0.717, 1.165) is 6.20 Å². The van der Waals surface area contributed by atoms with Crippen LogP contribution in [0.4, 0.5) is 17.6 Å². The van der Waals surface area contributed by atoms with Gasteiger partial charge in [0, 0.05) is 10.8 Å². The van der Waals surface area contributed by atoms with Crippen LogP contribution in [-0.2, 0) is 10.9 Å². The maximum Gasteiger partial charge on any atom is 0.434 e. The molecule has 1 aromatic heterocycles. The number of nitrogens with zero attached hydrogens (tertiary/aromatic N) is 2. The maximum atomic E-state index is 13.9. The molecule has 3 rings (SSSR count). The molecule has 0 N–H and O–H groups in total. The fourth-order valence-corrected chi connectivity index (χ4v) is 2.60. The molecule has 4 nitrogen and oxygen atoms in total. The van der Waals surface area contributed by atoms with Crippen molar-refractivity contribution < 1.29 is 27.1 Å². The Kier molecular flexibility index (Phi) is 4.20. The molecule has 2 aromatic carbocycles. The lowest BCUT2D eigenvalue weighted by Crippen LogP contribution is -2.18. The number of rotatable bonds is 3. The van der Waals surface area contributed by atoms with Crippen molar-refractivity contribution in [2.24, 2.45) is 0 Å². The van der Waals surface area contributed by atoms with E-state index in [2.05, 4.69) is 9.84 Å². The third kappa shape index (κ3) is 2.95. The molecule has 0 amide bonds. The first-order valence-electron chi connectivity index (χ1n) is 7.34. The summed E-state index contributed by atoms with van der Waals surface area (Å²) in [5.41, 5.74) is -1.94. The van der Waals surface area contributed by atoms with Gasteiger partial charge in [-0.05, 0) is 19.1 Å². The summed E-state index contributed by atoms with van der Waals surface area (Å²) in [6, 6.07) is 8.34. The number of esters is 1. The second-order valence-electron chi connectivity index (χ2n) is 5.15. The van der Waals surface area contributed by atoms with E-state index in [0.29, 0.717) is 4.68 Å². The van der Waals surface area contributed by atoms with E-state index in [1.165, 1.54) is 43.3 Å². The Morgan fingerprint density at radius 3 is 2.52 bits per heavy atom. The molecule has 0 bridgehead atoms. The topological polar surface area (TPSA) is 44.1 Å². The van der Waals surface area contributed by atoms with Gasteiger partial charge in [-0.25, -0.2) is 13.9 Å². The standard InChI is InChI=1S/C17H12F4N2O2/c1-2-25-16(24)12-9-22-23(15(12)17(19,20)21)14-8-4-5-10-11(14)6-3-7-13(10)18/h3-9H,2H2,1H3. The Morgan fingerprint density at radius 2 is 1.84 bits per heavy atom. The summed E-state index contributed by atoms with van der Waals surface area (Å²) in [5.74, 6) is -1.68. The average molecular weight is 352 g/mol. The van der Waals surface area contributed by atoms with Crippen molar-refractivity contribution in [1.29, 1.82) is 0 Å². The first-order valence-corrected chi connectivity index (χ1v) is 7.34. The van der Waals surface area contributed by atoms with Crippen LogP contribution in [0.3, 0.4) is 0 Å². The zero-order valence-electron chi connectivity index (χ0n) is 13.0. The molecule has 0 saturated carbocycles. The zero-order chi connectivity index (χ0) is 18.2. The molecule has 0 spiro atoms. The van der Waals surface area contributed by atoms with Crippen LogP contribution in [0.5, 0.6) is 0 Å². The molecule has 0 aliphatic heterocycles. The monoisotopic (exact) mass is 352 g/mol. The third-order valence-electron chi connectivity index (χ3n) is 3.61. The first-order chi connectivity index (χ1) is 11.8. The molecule has 0 aliphatic rings. The minimum absolute atomic E-state index is 0.0138. The lowest BCUT2D eigenvalue weighted by Gasteiger charge is -2.14. The van der Waals surface area contributed by atoms with Crippen molar-refractivity contribution in [3.63, 3.8) is 0 Å². The molecular weight excluding hydrogens is 340 g/mol. The number of hydrogen-bond acceptors (Lipinski definition) is 3. The second kappa shape index (κ2) is 6.19. The van der Waals surface area contributed by atoms with E-state index >= 15 is 0 Å². The lowest BCUT2D eigenvalue weighted by atomic mass is 10.1. The van der Waals surface area contributed by atoms with Gasteiger partial charge in [-0.1, -0.05) is 24.3 Å². The number of aromatic nitrogens is 2. The fraction of sp³-hybridized carbons (Fsp3) is 0.176. The Morgan fingerprint density at radius 1 is 1.16 bits per heavy atom. The number of ether oxygens (including phenoxy) is 1. The summed E-state index contributed by atoms with van der Waals surface area (Å²) in [7, 11) is 0.